The van der Waals surface area contributed by atoms with E-state index in [-0.39, 0.29) is 5.78 Å². The van der Waals surface area contributed by atoms with Crippen LogP contribution in [0.5, 0.6) is 5.75 Å². The number of ketones is 1. The lowest BCUT2D eigenvalue weighted by Crippen LogP contribution is -2.05. The molecule has 0 atom stereocenters. The molecule has 100 valence electrons. The second kappa shape index (κ2) is 8.27. The summed E-state index contributed by atoms with van der Waals surface area (Å²) in [6.45, 7) is 3.12. The van der Waals surface area contributed by atoms with Crippen molar-refractivity contribution in [1.29, 1.82) is 0 Å². The monoisotopic (exact) mass is 314 g/mol. The van der Waals surface area contributed by atoms with Crippen LogP contribution in [-0.4, -0.2) is 26.1 Å². The fourth-order valence-corrected chi connectivity index (χ4v) is 2.00. The van der Waals surface area contributed by atoms with E-state index in [9.17, 15) is 4.79 Å². The van der Waals surface area contributed by atoms with Crippen LogP contribution in [0, 0.1) is 0 Å². The van der Waals surface area contributed by atoms with Gasteiger partial charge in [0.2, 0.25) is 0 Å². The lowest BCUT2D eigenvalue weighted by molar-refractivity contribution is 0.0979. The number of rotatable bonds is 8. The van der Waals surface area contributed by atoms with E-state index in [4.69, 9.17) is 9.47 Å². The fourth-order valence-electron chi connectivity index (χ4n) is 1.51. The maximum absolute atomic E-state index is 11.8. The predicted molar refractivity (Wildman–Crippen MR) is 75.4 cm³/mol. The van der Waals surface area contributed by atoms with Gasteiger partial charge in [-0.15, -0.1) is 0 Å². The largest absolute Gasteiger partial charge is 0.490 e. The Bertz CT molecular complexity index is 391. The highest BCUT2D eigenvalue weighted by Crippen LogP contribution is 2.26. The molecule has 4 heteroatoms. The van der Waals surface area contributed by atoms with Crippen molar-refractivity contribution in [3.05, 3.63) is 28.2 Å². The number of unbranched alkanes of at least 4 members (excludes halogenated alkanes) is 1. The van der Waals surface area contributed by atoms with E-state index in [2.05, 4.69) is 22.9 Å². The number of hydrogen-bond acceptors (Lipinski definition) is 3. The van der Waals surface area contributed by atoms with Crippen molar-refractivity contribution >= 4 is 21.7 Å². The fraction of sp³-hybridized carbons (Fsp3) is 0.500. The van der Waals surface area contributed by atoms with Crippen LogP contribution in [0.3, 0.4) is 0 Å². The molecule has 0 aliphatic heterocycles. The van der Waals surface area contributed by atoms with Crippen molar-refractivity contribution in [2.75, 3.05) is 20.3 Å². The van der Waals surface area contributed by atoms with Gasteiger partial charge >= 0.3 is 0 Å². The first-order valence-corrected chi connectivity index (χ1v) is 6.92. The van der Waals surface area contributed by atoms with Crippen LogP contribution in [-0.2, 0) is 4.74 Å². The molecule has 1 aromatic rings. The van der Waals surface area contributed by atoms with E-state index in [0.29, 0.717) is 19.6 Å². The molecule has 0 spiro atoms. The highest BCUT2D eigenvalue weighted by atomic mass is 79.9. The molecule has 0 fully saturated rings. The van der Waals surface area contributed by atoms with E-state index in [0.717, 1.165) is 28.6 Å². The first kappa shape index (κ1) is 15.2. The van der Waals surface area contributed by atoms with Crippen LogP contribution < -0.4 is 4.74 Å². The molecule has 0 aliphatic carbocycles. The summed E-state index contributed by atoms with van der Waals surface area (Å²) in [6.07, 6.45) is 2.57. The number of halogens is 1. The summed E-state index contributed by atoms with van der Waals surface area (Å²) in [5.74, 6) is 0.917. The first-order valence-electron chi connectivity index (χ1n) is 6.13. The maximum atomic E-state index is 11.8. The molecule has 3 nitrogen and oxygen atoms in total. The molecule has 0 heterocycles. The average Bonchev–Trinajstić information content (AvgIpc) is 2.38. The molecule has 0 unspecified atom stereocenters. The standard InChI is InChI=1S/C14H19BrO3/c1-3-4-5-13(16)11-6-7-14(12(15)10-11)18-9-8-17-2/h6-7,10H,3-5,8-9H2,1-2H3. The van der Waals surface area contributed by atoms with Crippen molar-refractivity contribution < 1.29 is 14.3 Å². The van der Waals surface area contributed by atoms with E-state index >= 15 is 0 Å². The Kier molecular flexibility index (Phi) is 6.98. The van der Waals surface area contributed by atoms with E-state index < -0.39 is 0 Å². The highest BCUT2D eigenvalue weighted by molar-refractivity contribution is 9.10. The number of carbonyl (C=O) groups excluding carboxylic acids is 1. The third-order valence-corrected chi connectivity index (χ3v) is 3.18. The average molecular weight is 315 g/mol. The Balaban J connectivity index is 2.63. The molecule has 0 radical (unpaired) electrons. The zero-order valence-electron chi connectivity index (χ0n) is 10.9. The second-order valence-electron chi connectivity index (χ2n) is 4.01. The summed E-state index contributed by atoms with van der Waals surface area (Å²) < 4.78 is 11.2. The van der Waals surface area contributed by atoms with Crippen LogP contribution in [0.1, 0.15) is 36.5 Å². The summed E-state index contributed by atoms with van der Waals surface area (Å²) in [7, 11) is 1.63. The minimum Gasteiger partial charge on any atom is -0.490 e. The molecule has 0 saturated heterocycles. The minimum atomic E-state index is 0.181. The maximum Gasteiger partial charge on any atom is 0.162 e. The summed E-state index contributed by atoms with van der Waals surface area (Å²) in [6, 6.07) is 5.45. The zero-order valence-corrected chi connectivity index (χ0v) is 12.5. The summed E-state index contributed by atoms with van der Waals surface area (Å²) in [5.41, 5.74) is 0.731. The molecule has 1 aromatic carbocycles. The SMILES string of the molecule is CCCCC(=O)c1ccc(OCCOC)c(Br)c1. The van der Waals surface area contributed by atoms with Crippen LogP contribution in [0.4, 0.5) is 0 Å². The highest BCUT2D eigenvalue weighted by Gasteiger charge is 2.08. The molecule has 0 bridgehead atoms. The quantitative estimate of drug-likeness (QED) is 0.540. The molecular formula is C14H19BrO3. The van der Waals surface area contributed by atoms with Crippen molar-refractivity contribution in [1.82, 2.24) is 0 Å². The van der Waals surface area contributed by atoms with Crippen LogP contribution in [0.15, 0.2) is 22.7 Å². The van der Waals surface area contributed by atoms with Crippen molar-refractivity contribution in [2.24, 2.45) is 0 Å². The smallest absolute Gasteiger partial charge is 0.162 e. The Morgan fingerprint density at radius 3 is 2.72 bits per heavy atom. The van der Waals surface area contributed by atoms with E-state index in [1.807, 2.05) is 18.2 Å². The Morgan fingerprint density at radius 1 is 1.33 bits per heavy atom. The normalized spacial score (nSPS) is 10.4. The van der Waals surface area contributed by atoms with Gasteiger partial charge in [-0.2, -0.15) is 0 Å². The van der Waals surface area contributed by atoms with Gasteiger partial charge in [0, 0.05) is 19.1 Å². The number of methoxy groups -OCH3 is 1. The van der Waals surface area contributed by atoms with Gasteiger partial charge < -0.3 is 9.47 Å². The Morgan fingerprint density at radius 2 is 2.11 bits per heavy atom. The van der Waals surface area contributed by atoms with Gasteiger partial charge in [-0.25, -0.2) is 0 Å². The molecule has 1 rings (SSSR count). The molecule has 0 aliphatic rings. The zero-order chi connectivity index (χ0) is 13.4. The Hall–Kier alpha value is -0.870. The molecule has 0 N–H and O–H groups in total. The lowest BCUT2D eigenvalue weighted by atomic mass is 10.1. The lowest BCUT2D eigenvalue weighted by Gasteiger charge is -2.09. The summed E-state index contributed by atoms with van der Waals surface area (Å²) >= 11 is 3.42. The number of Topliss-reactive ketones (excluding diaryl/α,β-unsaturated/α-hetero) is 1. The van der Waals surface area contributed by atoms with Gasteiger partial charge in [0.1, 0.15) is 12.4 Å². The molecular weight excluding hydrogens is 296 g/mol. The number of benzene rings is 1. The van der Waals surface area contributed by atoms with Crippen molar-refractivity contribution in [2.45, 2.75) is 26.2 Å². The molecule has 0 saturated carbocycles. The minimum absolute atomic E-state index is 0.181. The molecule has 0 amide bonds. The van der Waals surface area contributed by atoms with Gasteiger partial charge in [0.15, 0.2) is 5.78 Å². The molecule has 0 aromatic heterocycles. The van der Waals surface area contributed by atoms with Crippen LogP contribution in [0.2, 0.25) is 0 Å². The molecule has 18 heavy (non-hydrogen) atoms. The summed E-state index contributed by atoms with van der Waals surface area (Å²) in [4.78, 5) is 11.8. The first-order chi connectivity index (χ1) is 8.69. The third kappa shape index (κ3) is 4.78. The van der Waals surface area contributed by atoms with Crippen LogP contribution in [0.25, 0.3) is 0 Å². The van der Waals surface area contributed by atoms with Crippen molar-refractivity contribution in [3.63, 3.8) is 0 Å². The third-order valence-electron chi connectivity index (χ3n) is 2.56. The van der Waals surface area contributed by atoms with Crippen LogP contribution >= 0.6 is 15.9 Å². The van der Waals surface area contributed by atoms with Gasteiger partial charge in [-0.05, 0) is 40.5 Å². The number of ether oxygens (including phenoxy) is 2. The van der Waals surface area contributed by atoms with Gasteiger partial charge in [0.25, 0.3) is 0 Å². The second-order valence-corrected chi connectivity index (χ2v) is 4.87. The summed E-state index contributed by atoms with van der Waals surface area (Å²) in [5, 5.41) is 0. The predicted octanol–water partition coefficient (Wildman–Crippen LogP) is 3.85. The van der Waals surface area contributed by atoms with Gasteiger partial charge in [0.05, 0.1) is 11.1 Å². The number of carbonyl (C=O) groups is 1. The number of hydrogen-bond donors (Lipinski definition) is 0. The van der Waals surface area contributed by atoms with Gasteiger partial charge in [-0.1, -0.05) is 13.3 Å². The van der Waals surface area contributed by atoms with Gasteiger partial charge in [-0.3, -0.25) is 4.79 Å². The Labute approximate surface area is 117 Å². The van der Waals surface area contributed by atoms with Crippen molar-refractivity contribution in [3.8, 4) is 5.75 Å². The van der Waals surface area contributed by atoms with E-state index in [1.165, 1.54) is 0 Å². The topological polar surface area (TPSA) is 35.5 Å². The van der Waals surface area contributed by atoms with E-state index in [1.54, 1.807) is 7.11 Å².